The number of rotatable bonds is 6. The van der Waals surface area contributed by atoms with Crippen molar-refractivity contribution in [1.82, 2.24) is 10.6 Å². The van der Waals surface area contributed by atoms with Crippen LogP contribution in [-0.2, 0) is 4.79 Å². The topological polar surface area (TPSA) is 54.3 Å². The molecule has 0 radical (unpaired) electrons. The van der Waals surface area contributed by atoms with E-state index in [1.54, 1.807) is 6.26 Å². The van der Waals surface area contributed by atoms with Crippen LogP contribution in [-0.4, -0.2) is 18.5 Å². The lowest BCUT2D eigenvalue weighted by Gasteiger charge is -2.18. The summed E-state index contributed by atoms with van der Waals surface area (Å²) in [7, 11) is 0. The molecule has 1 aromatic rings. The Hall–Kier alpha value is -1.29. The van der Waals surface area contributed by atoms with Crippen LogP contribution >= 0.6 is 0 Å². The molecule has 0 bridgehead atoms. The molecule has 1 aromatic heterocycles. The highest BCUT2D eigenvalue weighted by atomic mass is 16.3. The Labute approximate surface area is 103 Å². The van der Waals surface area contributed by atoms with Crippen molar-refractivity contribution in [2.75, 3.05) is 6.54 Å². The van der Waals surface area contributed by atoms with Gasteiger partial charge in [0.15, 0.2) is 0 Å². The highest BCUT2D eigenvalue weighted by Crippen LogP contribution is 2.12. The minimum Gasteiger partial charge on any atom is -0.468 e. The van der Waals surface area contributed by atoms with E-state index in [0.29, 0.717) is 12.5 Å². The SMILES string of the molecule is CC(C)CNC(=O)C(C)N[C@H](C)c1ccco1. The molecule has 0 aliphatic heterocycles. The van der Waals surface area contributed by atoms with Crippen LogP contribution in [0.25, 0.3) is 0 Å². The maximum Gasteiger partial charge on any atom is 0.236 e. The van der Waals surface area contributed by atoms with Crippen molar-refractivity contribution in [3.63, 3.8) is 0 Å². The van der Waals surface area contributed by atoms with Gasteiger partial charge >= 0.3 is 0 Å². The number of carbonyl (C=O) groups excluding carboxylic acids is 1. The largest absolute Gasteiger partial charge is 0.468 e. The first-order valence-corrected chi connectivity index (χ1v) is 6.08. The number of amides is 1. The molecule has 0 aromatic carbocycles. The van der Waals surface area contributed by atoms with Gasteiger partial charge in [-0.15, -0.1) is 0 Å². The average molecular weight is 238 g/mol. The molecule has 0 aliphatic carbocycles. The molecule has 17 heavy (non-hydrogen) atoms. The molecule has 4 nitrogen and oxygen atoms in total. The van der Waals surface area contributed by atoms with Crippen LogP contribution in [0.15, 0.2) is 22.8 Å². The van der Waals surface area contributed by atoms with Crippen LogP contribution in [0.4, 0.5) is 0 Å². The number of carbonyl (C=O) groups is 1. The third kappa shape index (κ3) is 4.61. The predicted octanol–water partition coefficient (Wildman–Crippen LogP) is 2.09. The van der Waals surface area contributed by atoms with Gasteiger partial charge in [0, 0.05) is 6.54 Å². The molecular weight excluding hydrogens is 216 g/mol. The van der Waals surface area contributed by atoms with Gasteiger partial charge in [0.1, 0.15) is 5.76 Å². The summed E-state index contributed by atoms with van der Waals surface area (Å²) in [5, 5.41) is 6.10. The first-order chi connectivity index (χ1) is 8.00. The summed E-state index contributed by atoms with van der Waals surface area (Å²) in [5.74, 6) is 1.33. The smallest absolute Gasteiger partial charge is 0.236 e. The van der Waals surface area contributed by atoms with Crippen molar-refractivity contribution in [2.24, 2.45) is 5.92 Å². The first-order valence-electron chi connectivity index (χ1n) is 6.08. The third-order valence-electron chi connectivity index (χ3n) is 2.55. The Balaban J connectivity index is 2.38. The zero-order valence-electron chi connectivity index (χ0n) is 11.0. The quantitative estimate of drug-likeness (QED) is 0.798. The van der Waals surface area contributed by atoms with E-state index < -0.39 is 0 Å². The number of hydrogen-bond donors (Lipinski definition) is 2. The zero-order chi connectivity index (χ0) is 12.8. The molecule has 0 spiro atoms. The van der Waals surface area contributed by atoms with Crippen molar-refractivity contribution in [3.05, 3.63) is 24.2 Å². The van der Waals surface area contributed by atoms with Gasteiger partial charge in [-0.1, -0.05) is 13.8 Å². The van der Waals surface area contributed by atoms with Gasteiger partial charge in [-0.3, -0.25) is 10.1 Å². The minimum atomic E-state index is -0.228. The average Bonchev–Trinajstić information content (AvgIpc) is 2.78. The Kier molecular flexibility index (Phi) is 5.22. The molecule has 96 valence electrons. The van der Waals surface area contributed by atoms with Crippen LogP contribution < -0.4 is 10.6 Å². The molecule has 0 saturated heterocycles. The van der Waals surface area contributed by atoms with Crippen molar-refractivity contribution in [3.8, 4) is 0 Å². The molecule has 2 atom stereocenters. The summed E-state index contributed by atoms with van der Waals surface area (Å²) < 4.78 is 5.28. The van der Waals surface area contributed by atoms with Crippen molar-refractivity contribution < 1.29 is 9.21 Å². The Morgan fingerprint density at radius 2 is 2.06 bits per heavy atom. The zero-order valence-corrected chi connectivity index (χ0v) is 11.0. The van der Waals surface area contributed by atoms with Gasteiger partial charge < -0.3 is 9.73 Å². The van der Waals surface area contributed by atoms with Gasteiger partial charge in [-0.25, -0.2) is 0 Å². The summed E-state index contributed by atoms with van der Waals surface area (Å²) in [4.78, 5) is 11.7. The molecular formula is C13H22N2O2. The third-order valence-corrected chi connectivity index (χ3v) is 2.55. The van der Waals surface area contributed by atoms with Gasteiger partial charge in [0.05, 0.1) is 18.3 Å². The fourth-order valence-corrected chi connectivity index (χ4v) is 1.53. The van der Waals surface area contributed by atoms with Gasteiger partial charge in [-0.05, 0) is 31.9 Å². The van der Waals surface area contributed by atoms with Crippen LogP contribution in [0, 0.1) is 5.92 Å². The molecule has 1 unspecified atom stereocenters. The van der Waals surface area contributed by atoms with E-state index in [0.717, 1.165) is 5.76 Å². The van der Waals surface area contributed by atoms with Gasteiger partial charge in [0.25, 0.3) is 0 Å². The van der Waals surface area contributed by atoms with E-state index >= 15 is 0 Å². The van der Waals surface area contributed by atoms with Crippen LogP contribution in [0.2, 0.25) is 0 Å². The monoisotopic (exact) mass is 238 g/mol. The molecule has 1 amide bonds. The van der Waals surface area contributed by atoms with Crippen LogP contribution in [0.3, 0.4) is 0 Å². The first kappa shape index (κ1) is 13.8. The molecule has 2 N–H and O–H groups in total. The van der Waals surface area contributed by atoms with Crippen molar-refractivity contribution in [1.29, 1.82) is 0 Å². The fraction of sp³-hybridized carbons (Fsp3) is 0.615. The summed E-state index contributed by atoms with van der Waals surface area (Å²) in [5.41, 5.74) is 0. The molecule has 0 fully saturated rings. The molecule has 1 rings (SSSR count). The van der Waals surface area contributed by atoms with Crippen LogP contribution in [0.1, 0.15) is 39.5 Å². The minimum absolute atomic E-state index is 0.0251. The highest BCUT2D eigenvalue weighted by Gasteiger charge is 2.17. The molecule has 1 heterocycles. The Morgan fingerprint density at radius 1 is 1.35 bits per heavy atom. The van der Waals surface area contributed by atoms with E-state index in [1.807, 2.05) is 26.0 Å². The summed E-state index contributed by atoms with van der Waals surface area (Å²) in [6.07, 6.45) is 1.64. The summed E-state index contributed by atoms with van der Waals surface area (Å²) in [6, 6.07) is 3.55. The maximum atomic E-state index is 11.7. The van der Waals surface area contributed by atoms with E-state index in [9.17, 15) is 4.79 Å². The lowest BCUT2D eigenvalue weighted by molar-refractivity contribution is -0.123. The summed E-state index contributed by atoms with van der Waals surface area (Å²) in [6.45, 7) is 8.69. The number of furan rings is 1. The Morgan fingerprint density at radius 3 is 2.59 bits per heavy atom. The number of nitrogens with one attached hydrogen (secondary N) is 2. The molecule has 4 heteroatoms. The van der Waals surface area contributed by atoms with E-state index in [1.165, 1.54) is 0 Å². The van der Waals surface area contributed by atoms with E-state index in [2.05, 4.69) is 24.5 Å². The summed E-state index contributed by atoms with van der Waals surface area (Å²) >= 11 is 0. The second-order valence-corrected chi connectivity index (χ2v) is 4.76. The molecule has 0 aliphatic rings. The molecule has 0 saturated carbocycles. The maximum absolute atomic E-state index is 11.7. The lowest BCUT2D eigenvalue weighted by atomic mass is 10.2. The predicted molar refractivity (Wildman–Crippen MR) is 67.6 cm³/mol. The van der Waals surface area contributed by atoms with Crippen molar-refractivity contribution in [2.45, 2.75) is 39.8 Å². The lowest BCUT2D eigenvalue weighted by Crippen LogP contribution is -2.44. The number of hydrogen-bond acceptors (Lipinski definition) is 3. The standard InChI is InChI=1S/C13H22N2O2/c1-9(2)8-14-13(16)11(4)15-10(3)12-6-5-7-17-12/h5-7,9-11,15H,8H2,1-4H3,(H,14,16)/t10-,11?/m1/s1. The van der Waals surface area contributed by atoms with E-state index in [4.69, 9.17) is 4.42 Å². The second-order valence-electron chi connectivity index (χ2n) is 4.76. The Bertz CT molecular complexity index is 333. The van der Waals surface area contributed by atoms with Crippen LogP contribution in [0.5, 0.6) is 0 Å². The van der Waals surface area contributed by atoms with Crippen molar-refractivity contribution >= 4 is 5.91 Å². The van der Waals surface area contributed by atoms with Gasteiger partial charge in [0.2, 0.25) is 5.91 Å². The normalized spacial score (nSPS) is 14.6. The van der Waals surface area contributed by atoms with Gasteiger partial charge in [-0.2, -0.15) is 0 Å². The second kappa shape index (κ2) is 6.45. The highest BCUT2D eigenvalue weighted by molar-refractivity contribution is 5.81. The fourth-order valence-electron chi connectivity index (χ4n) is 1.53. The van der Waals surface area contributed by atoms with E-state index in [-0.39, 0.29) is 18.0 Å².